The van der Waals surface area contributed by atoms with Crippen molar-refractivity contribution in [1.82, 2.24) is 10.6 Å². The molecule has 1 saturated carbocycles. The molecule has 5 nitrogen and oxygen atoms in total. The lowest BCUT2D eigenvalue weighted by Gasteiger charge is -2.27. The van der Waals surface area contributed by atoms with Gasteiger partial charge in [-0.25, -0.2) is 0 Å². The first kappa shape index (κ1) is 17.8. The van der Waals surface area contributed by atoms with Crippen LogP contribution in [0.15, 0.2) is 35.3 Å². The molecular formula is C18H29N3O2. The topological polar surface area (TPSA) is 65.9 Å². The third kappa shape index (κ3) is 7.01. The number of aliphatic hydroxyl groups excluding tert-OH is 1. The van der Waals surface area contributed by atoms with Gasteiger partial charge in [0.15, 0.2) is 5.96 Å². The Kier molecular flexibility index (Phi) is 7.90. The van der Waals surface area contributed by atoms with Crippen molar-refractivity contribution in [2.24, 2.45) is 4.99 Å². The summed E-state index contributed by atoms with van der Waals surface area (Å²) in [5.74, 6) is 0.845. The van der Waals surface area contributed by atoms with Gasteiger partial charge in [-0.05, 0) is 38.2 Å². The Hall–Kier alpha value is -1.59. The summed E-state index contributed by atoms with van der Waals surface area (Å²) in [6.07, 6.45) is 3.61. The summed E-state index contributed by atoms with van der Waals surface area (Å²) in [5.41, 5.74) is 1.18. The van der Waals surface area contributed by atoms with Crippen LogP contribution in [0.5, 0.6) is 0 Å². The molecule has 0 bridgehead atoms. The molecule has 23 heavy (non-hydrogen) atoms. The lowest BCUT2D eigenvalue weighted by molar-refractivity contribution is 0.120. The minimum absolute atomic E-state index is 0.126. The Bertz CT molecular complexity index is 457. The van der Waals surface area contributed by atoms with Crippen LogP contribution in [0.1, 0.15) is 38.2 Å². The SMILES string of the molecule is CCNC(=NCCOCc1ccccc1)NC1CCC(O)CC1. The summed E-state index contributed by atoms with van der Waals surface area (Å²) >= 11 is 0. The van der Waals surface area contributed by atoms with Gasteiger partial charge in [0, 0.05) is 12.6 Å². The zero-order valence-corrected chi connectivity index (χ0v) is 14.0. The van der Waals surface area contributed by atoms with Crippen LogP contribution >= 0.6 is 0 Å². The smallest absolute Gasteiger partial charge is 0.191 e. The minimum Gasteiger partial charge on any atom is -0.393 e. The van der Waals surface area contributed by atoms with Gasteiger partial charge in [-0.2, -0.15) is 0 Å². The molecule has 2 rings (SSSR count). The van der Waals surface area contributed by atoms with Crippen LogP contribution in [0.3, 0.4) is 0 Å². The van der Waals surface area contributed by atoms with Crippen LogP contribution in [0.4, 0.5) is 0 Å². The third-order valence-electron chi connectivity index (χ3n) is 4.00. The van der Waals surface area contributed by atoms with E-state index in [2.05, 4.69) is 34.7 Å². The van der Waals surface area contributed by atoms with Crippen molar-refractivity contribution >= 4 is 5.96 Å². The first-order chi connectivity index (χ1) is 11.3. The molecule has 5 heteroatoms. The van der Waals surface area contributed by atoms with Gasteiger partial charge in [-0.15, -0.1) is 0 Å². The molecule has 0 spiro atoms. The number of nitrogens with zero attached hydrogens (tertiary/aromatic N) is 1. The van der Waals surface area contributed by atoms with Crippen molar-refractivity contribution in [1.29, 1.82) is 0 Å². The second-order valence-electron chi connectivity index (χ2n) is 5.95. The third-order valence-corrected chi connectivity index (χ3v) is 4.00. The molecule has 0 radical (unpaired) electrons. The standard InChI is InChI=1S/C18H29N3O2/c1-2-19-18(21-16-8-10-17(22)11-9-16)20-12-13-23-14-15-6-4-3-5-7-15/h3-7,16-17,22H,2,8-14H2,1H3,(H2,19,20,21). The summed E-state index contributed by atoms with van der Waals surface area (Å²) in [7, 11) is 0. The first-order valence-corrected chi connectivity index (χ1v) is 8.62. The number of guanidine groups is 1. The maximum absolute atomic E-state index is 9.57. The maximum atomic E-state index is 9.57. The molecule has 3 N–H and O–H groups in total. The molecule has 0 saturated heterocycles. The predicted octanol–water partition coefficient (Wildman–Crippen LogP) is 2.06. The highest BCUT2D eigenvalue weighted by Crippen LogP contribution is 2.18. The quantitative estimate of drug-likeness (QED) is 0.409. The van der Waals surface area contributed by atoms with E-state index < -0.39 is 0 Å². The second-order valence-corrected chi connectivity index (χ2v) is 5.95. The number of benzene rings is 1. The van der Waals surface area contributed by atoms with Gasteiger partial charge >= 0.3 is 0 Å². The molecule has 1 fully saturated rings. The van der Waals surface area contributed by atoms with Crippen molar-refractivity contribution in [3.05, 3.63) is 35.9 Å². The molecule has 1 aliphatic rings. The fraction of sp³-hybridized carbons (Fsp3) is 0.611. The van der Waals surface area contributed by atoms with Crippen molar-refractivity contribution in [3.63, 3.8) is 0 Å². The molecule has 0 heterocycles. The van der Waals surface area contributed by atoms with E-state index in [1.165, 1.54) is 5.56 Å². The first-order valence-electron chi connectivity index (χ1n) is 8.62. The highest BCUT2D eigenvalue weighted by molar-refractivity contribution is 5.80. The molecule has 1 aliphatic carbocycles. The van der Waals surface area contributed by atoms with Crippen LogP contribution in [-0.2, 0) is 11.3 Å². The summed E-state index contributed by atoms with van der Waals surface area (Å²) in [6, 6.07) is 10.6. The Morgan fingerprint density at radius 1 is 1.22 bits per heavy atom. The van der Waals surface area contributed by atoms with Gasteiger partial charge < -0.3 is 20.5 Å². The lowest BCUT2D eigenvalue weighted by atomic mass is 9.93. The van der Waals surface area contributed by atoms with E-state index in [1.54, 1.807) is 0 Å². The molecule has 0 unspecified atom stereocenters. The minimum atomic E-state index is -0.126. The Balaban J connectivity index is 1.68. The van der Waals surface area contributed by atoms with Gasteiger partial charge in [0.2, 0.25) is 0 Å². The van der Waals surface area contributed by atoms with Crippen molar-refractivity contribution in [2.75, 3.05) is 19.7 Å². The monoisotopic (exact) mass is 319 g/mol. The van der Waals surface area contributed by atoms with E-state index >= 15 is 0 Å². The van der Waals surface area contributed by atoms with Gasteiger partial charge in [0.05, 0.1) is 25.9 Å². The number of ether oxygens (including phenoxy) is 1. The Morgan fingerprint density at radius 3 is 2.65 bits per heavy atom. The highest BCUT2D eigenvalue weighted by Gasteiger charge is 2.19. The number of hydrogen-bond donors (Lipinski definition) is 3. The largest absolute Gasteiger partial charge is 0.393 e. The summed E-state index contributed by atoms with van der Waals surface area (Å²) in [6.45, 7) is 4.77. The fourth-order valence-corrected chi connectivity index (χ4v) is 2.72. The Labute approximate surface area is 139 Å². The molecule has 0 aliphatic heterocycles. The van der Waals surface area contributed by atoms with Crippen LogP contribution in [0.2, 0.25) is 0 Å². The zero-order chi connectivity index (χ0) is 16.3. The van der Waals surface area contributed by atoms with Gasteiger partial charge in [-0.1, -0.05) is 30.3 Å². The molecule has 0 aromatic heterocycles. The Morgan fingerprint density at radius 2 is 1.96 bits per heavy atom. The predicted molar refractivity (Wildman–Crippen MR) is 93.5 cm³/mol. The van der Waals surface area contributed by atoms with E-state index in [4.69, 9.17) is 4.74 Å². The average molecular weight is 319 g/mol. The van der Waals surface area contributed by atoms with E-state index in [0.29, 0.717) is 25.8 Å². The molecule has 0 atom stereocenters. The lowest BCUT2D eigenvalue weighted by Crippen LogP contribution is -2.45. The summed E-state index contributed by atoms with van der Waals surface area (Å²) in [4.78, 5) is 4.56. The molecular weight excluding hydrogens is 290 g/mol. The van der Waals surface area contributed by atoms with Crippen molar-refractivity contribution < 1.29 is 9.84 Å². The average Bonchev–Trinajstić information content (AvgIpc) is 2.57. The van der Waals surface area contributed by atoms with E-state index in [1.807, 2.05) is 18.2 Å². The van der Waals surface area contributed by atoms with Gasteiger partial charge in [0.25, 0.3) is 0 Å². The van der Waals surface area contributed by atoms with Gasteiger partial charge in [0.1, 0.15) is 0 Å². The van der Waals surface area contributed by atoms with Gasteiger partial charge in [-0.3, -0.25) is 4.99 Å². The number of aliphatic imine (C=N–C) groups is 1. The highest BCUT2D eigenvalue weighted by atomic mass is 16.5. The summed E-state index contributed by atoms with van der Waals surface area (Å²) in [5, 5.41) is 16.3. The van der Waals surface area contributed by atoms with Crippen LogP contribution in [-0.4, -0.2) is 42.9 Å². The van der Waals surface area contributed by atoms with Crippen LogP contribution < -0.4 is 10.6 Å². The molecule has 0 amide bonds. The number of rotatable bonds is 7. The molecule has 128 valence electrons. The van der Waals surface area contributed by atoms with E-state index in [-0.39, 0.29) is 6.10 Å². The number of aliphatic hydroxyl groups is 1. The summed E-state index contributed by atoms with van der Waals surface area (Å²) < 4.78 is 5.66. The van der Waals surface area contributed by atoms with Crippen LogP contribution in [0.25, 0.3) is 0 Å². The maximum Gasteiger partial charge on any atom is 0.191 e. The molecule has 1 aromatic carbocycles. The normalized spacial score (nSPS) is 21.9. The van der Waals surface area contributed by atoms with E-state index in [0.717, 1.165) is 38.2 Å². The molecule has 1 aromatic rings. The van der Waals surface area contributed by atoms with Crippen molar-refractivity contribution in [2.45, 2.75) is 51.4 Å². The second kappa shape index (κ2) is 10.2. The number of hydrogen-bond acceptors (Lipinski definition) is 3. The van der Waals surface area contributed by atoms with E-state index in [9.17, 15) is 5.11 Å². The number of nitrogens with one attached hydrogen (secondary N) is 2. The zero-order valence-electron chi connectivity index (χ0n) is 14.0. The van der Waals surface area contributed by atoms with Crippen LogP contribution in [0, 0.1) is 0 Å². The fourth-order valence-electron chi connectivity index (χ4n) is 2.72. The van der Waals surface area contributed by atoms with Crippen molar-refractivity contribution in [3.8, 4) is 0 Å².